The minimum atomic E-state index is -0.445. The predicted octanol–water partition coefficient (Wildman–Crippen LogP) is 4.46. The summed E-state index contributed by atoms with van der Waals surface area (Å²) >= 11 is 0. The molecule has 0 aliphatic carbocycles. The average molecular weight is 263 g/mol. The first-order valence-corrected chi connectivity index (χ1v) is 6.95. The Morgan fingerprint density at radius 2 is 2.05 bits per heavy atom. The van der Waals surface area contributed by atoms with Gasteiger partial charge in [-0.3, -0.25) is 4.89 Å². The SMILES string of the molecule is CCCCC([CH]OOC(=O)c1ccccc1C)CC. The molecule has 0 aliphatic rings. The minimum absolute atomic E-state index is 0.338. The number of rotatable bonds is 8. The number of aryl methyl sites for hydroxylation is 1. The lowest BCUT2D eigenvalue weighted by atomic mass is 10.0. The van der Waals surface area contributed by atoms with E-state index in [-0.39, 0.29) is 0 Å². The molecule has 1 atom stereocenters. The fraction of sp³-hybridized carbons (Fsp3) is 0.500. The Labute approximate surface area is 115 Å². The highest BCUT2D eigenvalue weighted by atomic mass is 17.2. The van der Waals surface area contributed by atoms with Gasteiger partial charge in [0.15, 0.2) is 0 Å². The molecule has 0 saturated carbocycles. The molecule has 3 nitrogen and oxygen atoms in total. The van der Waals surface area contributed by atoms with E-state index in [1.165, 1.54) is 0 Å². The van der Waals surface area contributed by atoms with Crippen LogP contribution >= 0.6 is 0 Å². The third kappa shape index (κ3) is 5.43. The van der Waals surface area contributed by atoms with Gasteiger partial charge < -0.3 is 0 Å². The van der Waals surface area contributed by atoms with Crippen LogP contribution < -0.4 is 0 Å². The highest BCUT2D eigenvalue weighted by molar-refractivity contribution is 5.90. The second-order valence-electron chi connectivity index (χ2n) is 4.73. The van der Waals surface area contributed by atoms with Gasteiger partial charge in [-0.05, 0) is 30.9 Å². The molecule has 0 aliphatic heterocycles. The maximum Gasteiger partial charge on any atom is 0.373 e. The topological polar surface area (TPSA) is 35.5 Å². The van der Waals surface area contributed by atoms with Crippen LogP contribution in [0.25, 0.3) is 0 Å². The average Bonchev–Trinajstić information content (AvgIpc) is 2.42. The number of carbonyl (C=O) groups is 1. The Bertz CT molecular complexity index is 387. The first-order chi connectivity index (χ1) is 9.19. The van der Waals surface area contributed by atoms with E-state index >= 15 is 0 Å². The number of carbonyl (C=O) groups excluding carboxylic acids is 1. The largest absolute Gasteiger partial charge is 0.373 e. The monoisotopic (exact) mass is 263 g/mol. The van der Waals surface area contributed by atoms with Crippen LogP contribution in [0.2, 0.25) is 0 Å². The Morgan fingerprint density at radius 3 is 2.68 bits per heavy atom. The lowest BCUT2D eigenvalue weighted by molar-refractivity contribution is -0.219. The molecule has 105 valence electrons. The van der Waals surface area contributed by atoms with Crippen LogP contribution in [0.4, 0.5) is 0 Å². The van der Waals surface area contributed by atoms with Crippen molar-refractivity contribution in [1.82, 2.24) is 0 Å². The molecule has 1 rings (SSSR count). The van der Waals surface area contributed by atoms with Crippen molar-refractivity contribution in [3.8, 4) is 0 Å². The van der Waals surface area contributed by atoms with Crippen LogP contribution in [-0.2, 0) is 9.78 Å². The maximum atomic E-state index is 11.8. The van der Waals surface area contributed by atoms with Crippen molar-refractivity contribution in [3.05, 3.63) is 42.0 Å². The van der Waals surface area contributed by atoms with Gasteiger partial charge >= 0.3 is 5.97 Å². The molecule has 0 spiro atoms. The van der Waals surface area contributed by atoms with Gasteiger partial charge in [0.2, 0.25) is 0 Å². The smallest absolute Gasteiger partial charge is 0.292 e. The van der Waals surface area contributed by atoms with Gasteiger partial charge in [-0.15, -0.1) is 0 Å². The molecule has 0 heterocycles. The van der Waals surface area contributed by atoms with Crippen LogP contribution in [0.15, 0.2) is 24.3 Å². The summed E-state index contributed by atoms with van der Waals surface area (Å²) < 4.78 is 0. The van der Waals surface area contributed by atoms with Crippen LogP contribution in [0.1, 0.15) is 55.5 Å². The van der Waals surface area contributed by atoms with E-state index in [9.17, 15) is 4.79 Å². The zero-order valence-electron chi connectivity index (χ0n) is 12.0. The Morgan fingerprint density at radius 1 is 1.32 bits per heavy atom. The number of unbranched alkanes of at least 4 members (excludes halogenated alkanes) is 1. The lowest BCUT2D eigenvalue weighted by Crippen LogP contribution is -2.10. The predicted molar refractivity (Wildman–Crippen MR) is 75.3 cm³/mol. The quantitative estimate of drug-likeness (QED) is 0.513. The van der Waals surface area contributed by atoms with Gasteiger partial charge in [0.1, 0.15) is 6.61 Å². The normalized spacial score (nSPS) is 12.2. The van der Waals surface area contributed by atoms with Gasteiger partial charge in [-0.25, -0.2) is 4.79 Å². The molecule has 1 unspecified atom stereocenters. The van der Waals surface area contributed by atoms with Gasteiger partial charge in [-0.2, -0.15) is 4.89 Å². The van der Waals surface area contributed by atoms with Crippen molar-refractivity contribution < 1.29 is 14.6 Å². The van der Waals surface area contributed by atoms with Crippen molar-refractivity contribution in [2.75, 3.05) is 0 Å². The van der Waals surface area contributed by atoms with E-state index in [4.69, 9.17) is 9.78 Å². The first kappa shape index (κ1) is 15.7. The first-order valence-electron chi connectivity index (χ1n) is 6.95. The maximum absolute atomic E-state index is 11.8. The molecule has 1 radical (unpaired) electrons. The molecule has 0 aromatic heterocycles. The highest BCUT2D eigenvalue weighted by Crippen LogP contribution is 2.17. The second kappa shape index (κ2) is 8.70. The standard InChI is InChI=1S/C16H23O3/c1-4-6-10-14(5-2)12-18-19-16(17)15-11-8-7-9-13(15)3/h7-9,11-12,14H,4-6,10H2,1-3H3. The van der Waals surface area contributed by atoms with Crippen LogP contribution in [0, 0.1) is 19.4 Å². The fourth-order valence-electron chi connectivity index (χ4n) is 1.83. The summed E-state index contributed by atoms with van der Waals surface area (Å²) in [5.74, 6) is -0.107. The van der Waals surface area contributed by atoms with E-state index in [1.807, 2.05) is 25.1 Å². The Hall–Kier alpha value is -1.35. The molecule has 1 aromatic rings. The van der Waals surface area contributed by atoms with E-state index in [0.717, 1.165) is 31.2 Å². The molecule has 0 bridgehead atoms. The summed E-state index contributed by atoms with van der Waals surface area (Å²) in [5, 5.41) is 0. The van der Waals surface area contributed by atoms with Gasteiger partial charge in [-0.1, -0.05) is 51.3 Å². The molecule has 0 saturated heterocycles. The minimum Gasteiger partial charge on any atom is -0.292 e. The van der Waals surface area contributed by atoms with Crippen molar-refractivity contribution in [1.29, 1.82) is 0 Å². The van der Waals surface area contributed by atoms with Crippen molar-refractivity contribution in [2.24, 2.45) is 5.92 Å². The molecule has 1 aromatic carbocycles. The van der Waals surface area contributed by atoms with E-state index in [2.05, 4.69) is 13.8 Å². The van der Waals surface area contributed by atoms with Crippen LogP contribution in [0.5, 0.6) is 0 Å². The van der Waals surface area contributed by atoms with Gasteiger partial charge in [0, 0.05) is 0 Å². The third-order valence-corrected chi connectivity index (χ3v) is 3.19. The third-order valence-electron chi connectivity index (χ3n) is 3.19. The van der Waals surface area contributed by atoms with Crippen molar-refractivity contribution in [3.63, 3.8) is 0 Å². The summed E-state index contributed by atoms with van der Waals surface area (Å²) in [4.78, 5) is 21.6. The zero-order chi connectivity index (χ0) is 14.1. The zero-order valence-corrected chi connectivity index (χ0v) is 12.0. The molecule has 19 heavy (non-hydrogen) atoms. The summed E-state index contributed by atoms with van der Waals surface area (Å²) in [6.45, 7) is 7.76. The Balaban J connectivity index is 2.36. The van der Waals surface area contributed by atoms with Crippen LogP contribution in [-0.4, -0.2) is 5.97 Å². The number of benzene rings is 1. The van der Waals surface area contributed by atoms with Gasteiger partial charge in [0.25, 0.3) is 0 Å². The second-order valence-corrected chi connectivity index (χ2v) is 4.73. The summed E-state index contributed by atoms with van der Waals surface area (Å²) in [5.41, 5.74) is 1.42. The molecule has 0 amide bonds. The molecule has 3 heteroatoms. The molecule has 0 N–H and O–H groups in total. The van der Waals surface area contributed by atoms with Crippen molar-refractivity contribution >= 4 is 5.97 Å². The van der Waals surface area contributed by atoms with Crippen molar-refractivity contribution in [2.45, 2.75) is 46.5 Å². The fourth-order valence-corrected chi connectivity index (χ4v) is 1.83. The highest BCUT2D eigenvalue weighted by Gasteiger charge is 2.13. The van der Waals surface area contributed by atoms with E-state index < -0.39 is 5.97 Å². The number of hydrogen-bond acceptors (Lipinski definition) is 3. The van der Waals surface area contributed by atoms with Crippen LogP contribution in [0.3, 0.4) is 0 Å². The summed E-state index contributed by atoms with van der Waals surface area (Å²) in [7, 11) is 0. The summed E-state index contributed by atoms with van der Waals surface area (Å²) in [6, 6.07) is 7.30. The summed E-state index contributed by atoms with van der Waals surface area (Å²) in [6.07, 6.45) is 4.37. The molecular formula is C16H23O3. The molecular weight excluding hydrogens is 240 g/mol. The number of hydrogen-bond donors (Lipinski definition) is 0. The van der Waals surface area contributed by atoms with E-state index in [0.29, 0.717) is 11.5 Å². The molecule has 0 fully saturated rings. The lowest BCUT2D eigenvalue weighted by Gasteiger charge is -2.12. The Kier molecular flexibility index (Phi) is 7.19. The van der Waals surface area contributed by atoms with E-state index in [1.54, 1.807) is 12.7 Å². The van der Waals surface area contributed by atoms with Gasteiger partial charge in [0.05, 0.1) is 5.56 Å².